The van der Waals surface area contributed by atoms with Crippen molar-refractivity contribution in [3.63, 3.8) is 0 Å². The normalized spacial score (nSPS) is 25.1. The molecule has 4 heteroatoms. The molecule has 0 aromatic carbocycles. The molecule has 0 saturated heterocycles. The summed E-state index contributed by atoms with van der Waals surface area (Å²) in [6.45, 7) is 2.96. The summed E-state index contributed by atoms with van der Waals surface area (Å²) in [5.41, 5.74) is 1.18. The molecule has 1 aliphatic carbocycles. The number of aliphatic hydroxyl groups is 1. The van der Waals surface area contributed by atoms with E-state index in [9.17, 15) is 14.7 Å². The van der Waals surface area contributed by atoms with Gasteiger partial charge in [0.05, 0.1) is 18.8 Å². The third-order valence-corrected chi connectivity index (χ3v) is 3.57. The van der Waals surface area contributed by atoms with Crippen LogP contribution in [0, 0.1) is 5.92 Å². The zero-order valence-corrected chi connectivity index (χ0v) is 10.6. The highest BCUT2D eigenvalue weighted by Crippen LogP contribution is 2.32. The number of Topliss-reactive ketones (excluding diaryl/α,β-unsaturated/α-hetero) is 2. The van der Waals surface area contributed by atoms with Gasteiger partial charge in [0, 0.05) is 19.3 Å². The smallest absolute Gasteiger partial charge is 0.170 e. The largest absolute Gasteiger partial charge is 0.511 e. The van der Waals surface area contributed by atoms with Gasteiger partial charge in [-0.15, -0.1) is 0 Å². The first-order valence-corrected chi connectivity index (χ1v) is 6.38. The van der Waals surface area contributed by atoms with Crippen molar-refractivity contribution in [1.82, 2.24) is 0 Å². The van der Waals surface area contributed by atoms with Gasteiger partial charge >= 0.3 is 0 Å². The van der Waals surface area contributed by atoms with E-state index in [0.29, 0.717) is 32.5 Å². The molecule has 0 unspecified atom stereocenters. The van der Waals surface area contributed by atoms with E-state index in [4.69, 9.17) is 4.74 Å². The lowest BCUT2D eigenvalue weighted by atomic mass is 9.78. The summed E-state index contributed by atoms with van der Waals surface area (Å²) in [7, 11) is 0. The molecule has 0 radical (unpaired) electrons. The summed E-state index contributed by atoms with van der Waals surface area (Å²) in [5, 5.41) is 9.62. The van der Waals surface area contributed by atoms with Crippen molar-refractivity contribution >= 4 is 11.6 Å². The molecule has 0 spiro atoms. The molecule has 0 aromatic heterocycles. The average Bonchev–Trinajstić information content (AvgIpc) is 2.38. The van der Waals surface area contributed by atoms with Crippen LogP contribution in [0.5, 0.6) is 0 Å². The van der Waals surface area contributed by atoms with E-state index in [-0.39, 0.29) is 28.8 Å². The Morgan fingerprint density at radius 1 is 1.39 bits per heavy atom. The predicted octanol–water partition coefficient (Wildman–Crippen LogP) is 2.10. The third-order valence-electron chi connectivity index (χ3n) is 3.57. The zero-order valence-electron chi connectivity index (χ0n) is 10.6. The van der Waals surface area contributed by atoms with E-state index < -0.39 is 0 Å². The van der Waals surface area contributed by atoms with Gasteiger partial charge in [0.25, 0.3) is 0 Å². The first-order valence-electron chi connectivity index (χ1n) is 6.38. The van der Waals surface area contributed by atoms with E-state index in [0.717, 1.165) is 12.0 Å². The molecule has 1 heterocycles. The minimum Gasteiger partial charge on any atom is -0.511 e. The maximum atomic E-state index is 12.0. The van der Waals surface area contributed by atoms with Crippen LogP contribution >= 0.6 is 0 Å². The summed E-state index contributed by atoms with van der Waals surface area (Å²) in [5.74, 6) is -0.502. The fraction of sp³-hybridized carbons (Fsp3) is 0.571. The standard InChI is InChI=1S/C14H18O4/c1-2-11(15)14-12(16)7-10(8-13(14)17)9-3-5-18-6-4-9/h3,10,15H,2,4-8H2,1H3. The molecule has 2 aliphatic rings. The van der Waals surface area contributed by atoms with Crippen molar-refractivity contribution in [2.45, 2.75) is 32.6 Å². The Morgan fingerprint density at radius 2 is 2.06 bits per heavy atom. The van der Waals surface area contributed by atoms with Gasteiger partial charge in [0.1, 0.15) is 5.76 Å². The van der Waals surface area contributed by atoms with Crippen molar-refractivity contribution in [3.8, 4) is 0 Å². The van der Waals surface area contributed by atoms with Gasteiger partial charge in [-0.2, -0.15) is 0 Å². The molecule has 1 N–H and O–H groups in total. The Labute approximate surface area is 106 Å². The number of hydrogen-bond acceptors (Lipinski definition) is 4. The predicted molar refractivity (Wildman–Crippen MR) is 66.2 cm³/mol. The second-order valence-electron chi connectivity index (χ2n) is 4.73. The van der Waals surface area contributed by atoms with E-state index >= 15 is 0 Å². The van der Waals surface area contributed by atoms with Crippen LogP contribution in [-0.2, 0) is 14.3 Å². The molecule has 4 nitrogen and oxygen atoms in total. The number of carbonyl (C=O) groups excluding carboxylic acids is 2. The van der Waals surface area contributed by atoms with Gasteiger partial charge in [0.2, 0.25) is 0 Å². The molecule has 1 aliphatic heterocycles. The van der Waals surface area contributed by atoms with Crippen LogP contribution in [0.4, 0.5) is 0 Å². The van der Waals surface area contributed by atoms with E-state index in [1.807, 2.05) is 6.08 Å². The van der Waals surface area contributed by atoms with Crippen LogP contribution < -0.4 is 0 Å². The van der Waals surface area contributed by atoms with Crippen LogP contribution in [0.15, 0.2) is 23.0 Å². The van der Waals surface area contributed by atoms with Crippen LogP contribution in [0.1, 0.15) is 32.6 Å². The molecule has 0 amide bonds. The lowest BCUT2D eigenvalue weighted by Crippen LogP contribution is -2.29. The van der Waals surface area contributed by atoms with E-state index in [1.54, 1.807) is 6.92 Å². The molecule has 0 bridgehead atoms. The summed E-state index contributed by atoms with van der Waals surface area (Å²) in [6.07, 6.45) is 3.76. The lowest BCUT2D eigenvalue weighted by molar-refractivity contribution is -0.125. The number of hydrogen-bond donors (Lipinski definition) is 1. The lowest BCUT2D eigenvalue weighted by Gasteiger charge is -2.26. The minimum absolute atomic E-state index is 0.00214. The van der Waals surface area contributed by atoms with Crippen LogP contribution in [-0.4, -0.2) is 29.9 Å². The van der Waals surface area contributed by atoms with E-state index in [1.165, 1.54) is 0 Å². The monoisotopic (exact) mass is 250 g/mol. The molecule has 1 fully saturated rings. The van der Waals surface area contributed by atoms with Gasteiger partial charge < -0.3 is 9.84 Å². The highest BCUT2D eigenvalue weighted by Gasteiger charge is 2.34. The van der Waals surface area contributed by atoms with Crippen LogP contribution in [0.25, 0.3) is 0 Å². The fourth-order valence-electron chi connectivity index (χ4n) is 2.55. The summed E-state index contributed by atoms with van der Waals surface area (Å²) in [4.78, 5) is 23.9. The Bertz CT molecular complexity index is 411. The molecule has 98 valence electrons. The van der Waals surface area contributed by atoms with Gasteiger partial charge in [-0.05, 0) is 12.3 Å². The average molecular weight is 250 g/mol. The Kier molecular flexibility index (Phi) is 3.97. The Balaban J connectivity index is 2.17. The SMILES string of the molecule is CCC(O)=C1C(=O)CC(C2=CCOCC2)CC1=O. The number of carbonyl (C=O) groups is 2. The molecular formula is C14H18O4. The quantitative estimate of drug-likeness (QED) is 0.353. The molecule has 1 saturated carbocycles. The molecule has 18 heavy (non-hydrogen) atoms. The van der Waals surface area contributed by atoms with Crippen LogP contribution in [0.3, 0.4) is 0 Å². The number of aliphatic hydroxyl groups excluding tert-OH is 1. The third kappa shape index (κ3) is 2.53. The number of allylic oxidation sites excluding steroid dienone is 2. The number of ketones is 2. The van der Waals surface area contributed by atoms with Crippen molar-refractivity contribution < 1.29 is 19.4 Å². The topological polar surface area (TPSA) is 63.6 Å². The first kappa shape index (κ1) is 13.0. The fourth-order valence-corrected chi connectivity index (χ4v) is 2.55. The highest BCUT2D eigenvalue weighted by atomic mass is 16.5. The summed E-state index contributed by atoms with van der Waals surface area (Å²) < 4.78 is 5.23. The maximum Gasteiger partial charge on any atom is 0.170 e. The number of ether oxygens (including phenoxy) is 1. The van der Waals surface area contributed by atoms with Crippen LogP contribution in [0.2, 0.25) is 0 Å². The molecule has 0 aromatic rings. The van der Waals surface area contributed by atoms with Gasteiger partial charge in [-0.3, -0.25) is 9.59 Å². The summed E-state index contributed by atoms with van der Waals surface area (Å²) >= 11 is 0. The Hall–Kier alpha value is -1.42. The van der Waals surface area contributed by atoms with Gasteiger partial charge in [-0.25, -0.2) is 0 Å². The van der Waals surface area contributed by atoms with Crippen molar-refractivity contribution in [1.29, 1.82) is 0 Å². The van der Waals surface area contributed by atoms with Gasteiger partial charge in [-0.1, -0.05) is 18.6 Å². The Morgan fingerprint density at radius 3 is 2.56 bits per heavy atom. The summed E-state index contributed by atoms with van der Waals surface area (Å²) in [6, 6.07) is 0. The highest BCUT2D eigenvalue weighted by molar-refractivity contribution is 6.22. The van der Waals surface area contributed by atoms with Crippen molar-refractivity contribution in [2.24, 2.45) is 5.92 Å². The minimum atomic E-state index is -0.219. The second kappa shape index (κ2) is 5.48. The molecule has 0 atom stereocenters. The van der Waals surface area contributed by atoms with Gasteiger partial charge in [0.15, 0.2) is 11.6 Å². The van der Waals surface area contributed by atoms with E-state index in [2.05, 4.69) is 0 Å². The van der Waals surface area contributed by atoms with Crippen molar-refractivity contribution in [3.05, 3.63) is 23.0 Å². The first-order chi connectivity index (χ1) is 8.63. The van der Waals surface area contributed by atoms with Crippen molar-refractivity contribution in [2.75, 3.05) is 13.2 Å². The second-order valence-corrected chi connectivity index (χ2v) is 4.73. The number of rotatable bonds is 2. The maximum absolute atomic E-state index is 12.0. The zero-order chi connectivity index (χ0) is 13.1. The molecule has 2 rings (SSSR count). The molecular weight excluding hydrogens is 232 g/mol.